The van der Waals surface area contributed by atoms with Crippen molar-refractivity contribution in [3.63, 3.8) is 0 Å². The minimum absolute atomic E-state index is 0.0379. The Morgan fingerprint density at radius 2 is 1.33 bits per heavy atom. The van der Waals surface area contributed by atoms with Gasteiger partial charge in [0.05, 0.1) is 6.61 Å². The van der Waals surface area contributed by atoms with Crippen LogP contribution in [0.5, 0.6) is 5.75 Å². The van der Waals surface area contributed by atoms with E-state index in [0.29, 0.717) is 6.61 Å². The Balaban J connectivity index is 1.55. The van der Waals surface area contributed by atoms with E-state index >= 15 is 0 Å². The predicted octanol–water partition coefficient (Wildman–Crippen LogP) is 4.99. The molecule has 0 spiro atoms. The van der Waals surface area contributed by atoms with Crippen LogP contribution in [0.25, 0.3) is 0 Å². The van der Waals surface area contributed by atoms with Crippen molar-refractivity contribution >= 4 is 0 Å². The fourth-order valence-electron chi connectivity index (χ4n) is 3.06. The summed E-state index contributed by atoms with van der Waals surface area (Å²) in [5.41, 5.74) is 5.36. The lowest BCUT2D eigenvalue weighted by molar-refractivity contribution is 0.201. The third kappa shape index (κ3) is 6.12. The van der Waals surface area contributed by atoms with Gasteiger partial charge in [-0.25, -0.2) is 0 Å². The number of aliphatic hydroxyl groups excluding tert-OH is 1. The molecule has 0 unspecified atom stereocenters. The number of rotatable bonds is 9. The first-order valence-electron chi connectivity index (χ1n) is 9.43. The molecule has 0 bridgehead atoms. The SMILES string of the molecule is OCCOc1ccc(CC=CCc2ccccc2Cc2ccccc2)cc1. The van der Waals surface area contributed by atoms with Gasteiger partial charge >= 0.3 is 0 Å². The van der Waals surface area contributed by atoms with E-state index in [2.05, 4.69) is 78.9 Å². The number of ether oxygens (including phenoxy) is 1. The van der Waals surface area contributed by atoms with Crippen LogP contribution >= 0.6 is 0 Å². The first-order chi connectivity index (χ1) is 13.3. The summed E-state index contributed by atoms with van der Waals surface area (Å²) in [5, 5.41) is 8.79. The fourth-order valence-corrected chi connectivity index (χ4v) is 3.06. The molecule has 0 atom stereocenters. The third-order valence-electron chi connectivity index (χ3n) is 4.50. The standard InChI is InChI=1S/C25H26O2/c26-18-19-27-25-16-14-21(15-17-25)8-4-5-11-23-12-6-7-13-24(23)20-22-9-2-1-3-10-22/h1-7,9-10,12-17,26H,8,11,18-20H2. The molecule has 0 fully saturated rings. The van der Waals surface area contributed by atoms with Gasteiger partial charge in [0.2, 0.25) is 0 Å². The molecule has 0 amide bonds. The van der Waals surface area contributed by atoms with Crippen molar-refractivity contribution in [3.8, 4) is 5.75 Å². The smallest absolute Gasteiger partial charge is 0.119 e. The summed E-state index contributed by atoms with van der Waals surface area (Å²) in [4.78, 5) is 0. The summed E-state index contributed by atoms with van der Waals surface area (Å²) < 4.78 is 5.39. The highest BCUT2D eigenvalue weighted by molar-refractivity contribution is 5.34. The number of hydrogen-bond acceptors (Lipinski definition) is 2. The molecule has 0 saturated heterocycles. The highest BCUT2D eigenvalue weighted by Crippen LogP contribution is 2.16. The predicted molar refractivity (Wildman–Crippen MR) is 111 cm³/mol. The number of benzene rings is 3. The van der Waals surface area contributed by atoms with Gasteiger partial charge in [0.15, 0.2) is 0 Å². The van der Waals surface area contributed by atoms with Gasteiger partial charge in [0.1, 0.15) is 12.4 Å². The Bertz CT molecular complexity index is 836. The first kappa shape index (κ1) is 18.9. The van der Waals surface area contributed by atoms with Crippen molar-refractivity contribution < 1.29 is 9.84 Å². The maximum Gasteiger partial charge on any atom is 0.119 e. The van der Waals surface area contributed by atoms with E-state index in [4.69, 9.17) is 9.84 Å². The van der Waals surface area contributed by atoms with Crippen LogP contribution in [-0.2, 0) is 19.3 Å². The zero-order valence-corrected chi connectivity index (χ0v) is 15.6. The Morgan fingerprint density at radius 3 is 2.07 bits per heavy atom. The van der Waals surface area contributed by atoms with Gasteiger partial charge in [0.25, 0.3) is 0 Å². The fraction of sp³-hybridized carbons (Fsp3) is 0.200. The summed E-state index contributed by atoms with van der Waals surface area (Å²) >= 11 is 0. The molecule has 2 heteroatoms. The van der Waals surface area contributed by atoms with Gasteiger partial charge in [-0.3, -0.25) is 0 Å². The molecule has 0 aliphatic carbocycles. The topological polar surface area (TPSA) is 29.5 Å². The van der Waals surface area contributed by atoms with E-state index in [9.17, 15) is 0 Å². The van der Waals surface area contributed by atoms with Crippen LogP contribution in [0.4, 0.5) is 0 Å². The molecule has 3 aromatic rings. The van der Waals surface area contributed by atoms with Crippen LogP contribution in [0, 0.1) is 0 Å². The Kier molecular flexibility index (Phi) is 7.25. The summed E-state index contributed by atoms with van der Waals surface area (Å²) in [6, 6.07) is 27.3. The lowest BCUT2D eigenvalue weighted by Gasteiger charge is -2.08. The first-order valence-corrected chi connectivity index (χ1v) is 9.43. The van der Waals surface area contributed by atoms with Crippen LogP contribution < -0.4 is 4.74 Å². The molecular formula is C25H26O2. The van der Waals surface area contributed by atoms with E-state index in [1.165, 1.54) is 22.3 Å². The molecule has 0 aliphatic heterocycles. The minimum Gasteiger partial charge on any atom is -0.491 e. The molecule has 27 heavy (non-hydrogen) atoms. The van der Waals surface area contributed by atoms with E-state index < -0.39 is 0 Å². The van der Waals surface area contributed by atoms with Crippen LogP contribution in [0.1, 0.15) is 22.3 Å². The van der Waals surface area contributed by atoms with Gasteiger partial charge in [-0.1, -0.05) is 78.9 Å². The Morgan fingerprint density at radius 1 is 0.667 bits per heavy atom. The van der Waals surface area contributed by atoms with Gasteiger partial charge < -0.3 is 9.84 Å². The molecule has 3 rings (SSSR count). The summed E-state index contributed by atoms with van der Waals surface area (Å²) in [6.07, 6.45) is 7.30. The number of allylic oxidation sites excluding steroid dienone is 2. The zero-order chi connectivity index (χ0) is 18.7. The average Bonchev–Trinajstić information content (AvgIpc) is 2.72. The molecule has 0 aromatic heterocycles. The molecule has 138 valence electrons. The molecular weight excluding hydrogens is 332 g/mol. The molecule has 1 N–H and O–H groups in total. The highest BCUT2D eigenvalue weighted by Gasteiger charge is 2.01. The van der Waals surface area contributed by atoms with Crippen LogP contribution in [0.3, 0.4) is 0 Å². The summed E-state index contributed by atoms with van der Waals surface area (Å²) in [7, 11) is 0. The van der Waals surface area contributed by atoms with Crippen LogP contribution in [-0.4, -0.2) is 18.3 Å². The van der Waals surface area contributed by atoms with Gasteiger partial charge in [0, 0.05) is 0 Å². The maximum absolute atomic E-state index is 8.79. The highest BCUT2D eigenvalue weighted by atomic mass is 16.5. The number of aliphatic hydroxyl groups is 1. The molecule has 0 heterocycles. The van der Waals surface area contributed by atoms with Crippen molar-refractivity contribution in [1.82, 2.24) is 0 Å². The Hall–Kier alpha value is -2.84. The summed E-state index contributed by atoms with van der Waals surface area (Å²) in [6.45, 7) is 0.373. The molecule has 0 saturated carbocycles. The van der Waals surface area contributed by atoms with E-state index in [1.807, 2.05) is 12.1 Å². The van der Waals surface area contributed by atoms with Crippen LogP contribution in [0.15, 0.2) is 91.0 Å². The molecule has 2 nitrogen and oxygen atoms in total. The second-order valence-corrected chi connectivity index (χ2v) is 6.53. The largest absolute Gasteiger partial charge is 0.491 e. The van der Waals surface area contributed by atoms with E-state index in [-0.39, 0.29) is 6.61 Å². The molecule has 3 aromatic carbocycles. The monoisotopic (exact) mass is 358 g/mol. The lowest BCUT2D eigenvalue weighted by Crippen LogP contribution is -2.01. The van der Waals surface area contributed by atoms with Crippen molar-refractivity contribution in [2.24, 2.45) is 0 Å². The lowest BCUT2D eigenvalue weighted by atomic mass is 9.97. The average molecular weight is 358 g/mol. The van der Waals surface area contributed by atoms with Gasteiger partial charge in [-0.2, -0.15) is 0 Å². The van der Waals surface area contributed by atoms with Gasteiger partial charge in [-0.05, 0) is 53.6 Å². The normalized spacial score (nSPS) is 11.0. The third-order valence-corrected chi connectivity index (χ3v) is 4.50. The quantitative estimate of drug-likeness (QED) is 0.546. The zero-order valence-electron chi connectivity index (χ0n) is 15.6. The number of hydrogen-bond donors (Lipinski definition) is 1. The Labute approximate surface area is 161 Å². The molecule has 0 aliphatic rings. The van der Waals surface area contributed by atoms with Crippen molar-refractivity contribution in [3.05, 3.63) is 113 Å². The second kappa shape index (κ2) is 10.3. The van der Waals surface area contributed by atoms with Crippen molar-refractivity contribution in [1.29, 1.82) is 0 Å². The molecule has 0 radical (unpaired) electrons. The maximum atomic E-state index is 8.79. The summed E-state index contributed by atoms with van der Waals surface area (Å²) in [5.74, 6) is 0.798. The second-order valence-electron chi connectivity index (χ2n) is 6.53. The minimum atomic E-state index is 0.0379. The van der Waals surface area contributed by atoms with E-state index in [0.717, 1.165) is 25.0 Å². The van der Waals surface area contributed by atoms with Gasteiger partial charge in [-0.15, -0.1) is 0 Å². The van der Waals surface area contributed by atoms with Crippen molar-refractivity contribution in [2.45, 2.75) is 19.3 Å². The van der Waals surface area contributed by atoms with Crippen LogP contribution in [0.2, 0.25) is 0 Å². The van der Waals surface area contributed by atoms with E-state index in [1.54, 1.807) is 0 Å². The van der Waals surface area contributed by atoms with Crippen molar-refractivity contribution in [2.75, 3.05) is 13.2 Å².